The Hall–Kier alpha value is -3.57. The second kappa shape index (κ2) is 7.55. The molecule has 8 heteroatoms. The highest BCUT2D eigenvalue weighted by molar-refractivity contribution is 7.11. The van der Waals surface area contributed by atoms with E-state index in [-0.39, 0.29) is 11.5 Å². The molecule has 0 unspecified atom stereocenters. The van der Waals surface area contributed by atoms with E-state index < -0.39 is 4.92 Å². The smallest absolute Gasteiger partial charge is 0.270 e. The molecule has 1 aromatic heterocycles. The quantitative estimate of drug-likeness (QED) is 0.396. The first kappa shape index (κ1) is 17.3. The van der Waals surface area contributed by atoms with Crippen LogP contribution in [0.5, 0.6) is 0 Å². The third kappa shape index (κ3) is 3.91. The summed E-state index contributed by atoms with van der Waals surface area (Å²) in [5, 5.41) is 25.4. The fraction of sp³-hybridized carbons (Fsp3) is 0. The van der Waals surface area contributed by atoms with Crippen LogP contribution in [0.25, 0.3) is 16.8 Å². The van der Waals surface area contributed by atoms with Gasteiger partial charge in [0.15, 0.2) is 0 Å². The molecule has 3 rings (SSSR count). The van der Waals surface area contributed by atoms with Gasteiger partial charge in [0.2, 0.25) is 0 Å². The molecule has 0 fully saturated rings. The van der Waals surface area contributed by atoms with Crippen LogP contribution >= 0.6 is 11.3 Å². The number of aromatic nitrogens is 1. The van der Waals surface area contributed by atoms with Crippen LogP contribution in [0.15, 0.2) is 60.1 Å². The average Bonchev–Trinajstić information content (AvgIpc) is 3.14. The number of hydrogen-bond acceptors (Lipinski definition) is 6. The molecule has 26 heavy (non-hydrogen) atoms. The maximum absolute atomic E-state index is 12.9. The summed E-state index contributed by atoms with van der Waals surface area (Å²) in [5.41, 5.74) is 2.07. The zero-order chi connectivity index (χ0) is 18.5. The van der Waals surface area contributed by atoms with Gasteiger partial charge < -0.3 is 5.32 Å². The zero-order valence-corrected chi connectivity index (χ0v) is 14.0. The summed E-state index contributed by atoms with van der Waals surface area (Å²) < 4.78 is 12.9. The molecule has 0 aliphatic heterocycles. The molecule has 0 amide bonds. The van der Waals surface area contributed by atoms with Crippen LogP contribution < -0.4 is 5.32 Å². The van der Waals surface area contributed by atoms with Crippen molar-refractivity contribution in [1.82, 2.24) is 4.98 Å². The van der Waals surface area contributed by atoms with Crippen LogP contribution in [-0.2, 0) is 0 Å². The van der Waals surface area contributed by atoms with Crippen LogP contribution in [-0.4, -0.2) is 9.91 Å². The Balaban J connectivity index is 1.84. The number of nitro benzene ring substituents is 1. The first-order valence-electron chi connectivity index (χ1n) is 7.40. The van der Waals surface area contributed by atoms with Crippen molar-refractivity contribution >= 4 is 28.3 Å². The number of hydrogen-bond donors (Lipinski definition) is 1. The van der Waals surface area contributed by atoms with E-state index in [2.05, 4.69) is 16.4 Å². The number of halogens is 1. The normalized spacial score (nSPS) is 11.0. The number of nitro groups is 1. The molecule has 0 bridgehead atoms. The van der Waals surface area contributed by atoms with Crippen molar-refractivity contribution in [3.05, 3.63) is 81.1 Å². The van der Waals surface area contributed by atoms with Gasteiger partial charge in [0.25, 0.3) is 5.69 Å². The van der Waals surface area contributed by atoms with Crippen LogP contribution in [0.1, 0.15) is 5.01 Å². The van der Waals surface area contributed by atoms with Gasteiger partial charge in [-0.1, -0.05) is 12.1 Å². The van der Waals surface area contributed by atoms with Crippen LogP contribution in [0.3, 0.4) is 0 Å². The van der Waals surface area contributed by atoms with Crippen LogP contribution in [0.4, 0.5) is 15.8 Å². The molecule has 0 aliphatic carbocycles. The van der Waals surface area contributed by atoms with Crippen molar-refractivity contribution < 1.29 is 9.31 Å². The van der Waals surface area contributed by atoms with E-state index in [1.807, 2.05) is 0 Å². The highest BCUT2D eigenvalue weighted by Gasteiger charge is 2.12. The van der Waals surface area contributed by atoms with Crippen molar-refractivity contribution in [3.63, 3.8) is 0 Å². The lowest BCUT2D eigenvalue weighted by Gasteiger charge is -2.01. The number of thiazole rings is 1. The molecule has 0 radical (unpaired) electrons. The third-order valence-corrected chi connectivity index (χ3v) is 4.31. The SMILES string of the molecule is N#CC(=CNc1ccc(F)cc1)c1nc(-c2cccc([N+](=O)[O-])c2)cs1. The molecule has 0 spiro atoms. The summed E-state index contributed by atoms with van der Waals surface area (Å²) in [5.74, 6) is -0.346. The van der Waals surface area contributed by atoms with Gasteiger partial charge in [0, 0.05) is 35.0 Å². The van der Waals surface area contributed by atoms with E-state index in [9.17, 15) is 19.8 Å². The Labute approximate surface area is 152 Å². The Morgan fingerprint density at radius 2 is 2.08 bits per heavy atom. The third-order valence-electron chi connectivity index (χ3n) is 3.44. The Bertz CT molecular complexity index is 1020. The minimum atomic E-state index is -0.468. The van der Waals surface area contributed by atoms with Crippen molar-refractivity contribution in [2.45, 2.75) is 0 Å². The summed E-state index contributed by atoms with van der Waals surface area (Å²) in [6, 6.07) is 13.9. The lowest BCUT2D eigenvalue weighted by Crippen LogP contribution is -1.91. The van der Waals surface area contributed by atoms with Gasteiger partial charge in [-0.05, 0) is 24.3 Å². The number of anilines is 1. The molecule has 0 saturated heterocycles. The molecular formula is C18H11FN4O2S. The minimum Gasteiger partial charge on any atom is -0.360 e. The Kier molecular flexibility index (Phi) is 5.01. The summed E-state index contributed by atoms with van der Waals surface area (Å²) in [7, 11) is 0. The fourth-order valence-corrected chi connectivity index (χ4v) is 2.95. The highest BCUT2D eigenvalue weighted by Crippen LogP contribution is 2.28. The molecular weight excluding hydrogens is 355 g/mol. The number of benzene rings is 2. The lowest BCUT2D eigenvalue weighted by atomic mass is 10.1. The molecule has 2 aromatic carbocycles. The monoisotopic (exact) mass is 366 g/mol. The number of allylic oxidation sites excluding steroid dienone is 1. The van der Waals surface area contributed by atoms with Crippen molar-refractivity contribution in [2.75, 3.05) is 5.32 Å². The minimum absolute atomic E-state index is 0.0222. The first-order valence-corrected chi connectivity index (χ1v) is 8.28. The average molecular weight is 366 g/mol. The lowest BCUT2D eigenvalue weighted by molar-refractivity contribution is -0.384. The summed E-state index contributed by atoms with van der Waals surface area (Å²) >= 11 is 1.26. The van der Waals surface area contributed by atoms with Gasteiger partial charge in [-0.2, -0.15) is 5.26 Å². The van der Waals surface area contributed by atoms with E-state index in [0.717, 1.165) is 0 Å². The van der Waals surface area contributed by atoms with Gasteiger partial charge >= 0.3 is 0 Å². The van der Waals surface area contributed by atoms with E-state index in [0.29, 0.717) is 27.5 Å². The van der Waals surface area contributed by atoms with E-state index in [4.69, 9.17) is 0 Å². The van der Waals surface area contributed by atoms with Gasteiger partial charge in [-0.15, -0.1) is 11.3 Å². The number of rotatable bonds is 5. The maximum atomic E-state index is 12.9. The second-order valence-electron chi connectivity index (χ2n) is 5.17. The standard InChI is InChI=1S/C18H11FN4O2S/c19-14-4-6-15(7-5-14)21-10-13(9-20)18-22-17(11-26-18)12-2-1-3-16(8-12)23(24)25/h1-8,10-11,21H. The number of nitrogens with zero attached hydrogens (tertiary/aromatic N) is 3. The predicted molar refractivity (Wildman–Crippen MR) is 97.8 cm³/mol. The predicted octanol–water partition coefficient (Wildman–Crippen LogP) is 4.83. The van der Waals surface area contributed by atoms with Gasteiger partial charge in [-0.25, -0.2) is 9.37 Å². The molecule has 0 atom stereocenters. The van der Waals surface area contributed by atoms with Crippen LogP contribution in [0.2, 0.25) is 0 Å². The molecule has 1 heterocycles. The molecule has 6 nitrogen and oxygen atoms in total. The Morgan fingerprint density at radius 1 is 1.31 bits per heavy atom. The van der Waals surface area contributed by atoms with E-state index in [1.165, 1.54) is 41.8 Å². The second-order valence-corrected chi connectivity index (χ2v) is 6.02. The topological polar surface area (TPSA) is 91.8 Å². The summed E-state index contributed by atoms with van der Waals surface area (Å²) in [6.45, 7) is 0. The van der Waals surface area contributed by atoms with E-state index in [1.54, 1.807) is 29.6 Å². The largest absolute Gasteiger partial charge is 0.360 e. The van der Waals surface area contributed by atoms with Gasteiger partial charge in [0.05, 0.1) is 10.6 Å². The highest BCUT2D eigenvalue weighted by atomic mass is 32.1. The van der Waals surface area contributed by atoms with E-state index >= 15 is 0 Å². The number of non-ortho nitro benzene ring substituents is 1. The molecule has 128 valence electrons. The molecule has 3 aromatic rings. The first-order chi connectivity index (χ1) is 12.6. The molecule has 0 saturated carbocycles. The molecule has 0 aliphatic rings. The van der Waals surface area contributed by atoms with Crippen molar-refractivity contribution in [3.8, 4) is 17.3 Å². The summed E-state index contributed by atoms with van der Waals surface area (Å²) in [4.78, 5) is 14.8. The Morgan fingerprint density at radius 3 is 2.77 bits per heavy atom. The van der Waals surface area contributed by atoms with Gasteiger partial charge in [0.1, 0.15) is 22.5 Å². The zero-order valence-electron chi connectivity index (χ0n) is 13.2. The number of nitrogens with one attached hydrogen (secondary N) is 1. The maximum Gasteiger partial charge on any atom is 0.270 e. The molecule has 1 N–H and O–H groups in total. The summed E-state index contributed by atoms with van der Waals surface area (Å²) in [6.07, 6.45) is 1.49. The van der Waals surface area contributed by atoms with Gasteiger partial charge in [-0.3, -0.25) is 10.1 Å². The van der Waals surface area contributed by atoms with Crippen molar-refractivity contribution in [1.29, 1.82) is 5.26 Å². The number of nitriles is 1. The van der Waals surface area contributed by atoms with Crippen molar-refractivity contribution in [2.24, 2.45) is 0 Å². The van der Waals surface area contributed by atoms with Crippen LogP contribution in [0, 0.1) is 27.3 Å². The fourth-order valence-electron chi connectivity index (χ4n) is 2.15.